The number of aliphatic hydroxyl groups is 1. The number of benzene rings is 1. The van der Waals surface area contributed by atoms with Crippen molar-refractivity contribution in [3.63, 3.8) is 0 Å². The van der Waals surface area contributed by atoms with Crippen molar-refractivity contribution in [2.75, 3.05) is 6.61 Å². The number of nitrogens with zero attached hydrogens (tertiary/aromatic N) is 3. The van der Waals surface area contributed by atoms with Crippen LogP contribution in [0.15, 0.2) is 24.4 Å². The van der Waals surface area contributed by atoms with Crippen LogP contribution in [0.1, 0.15) is 17.7 Å². The molecular formula is C12H11F4N3O. The third-order valence-electron chi connectivity index (χ3n) is 2.65. The molecule has 1 N–H and O–H groups in total. The molecule has 0 fully saturated rings. The standard InChI is InChI=1S/C12H11F4N3O/c13-11-4-3-9(6-10(11)12(14,15)16)19-7-8(17-18-19)2-1-5-20/h3-4,6-7,20H,1-2,5H2. The van der Waals surface area contributed by atoms with Gasteiger partial charge in [-0.15, -0.1) is 5.10 Å². The van der Waals surface area contributed by atoms with Crippen molar-refractivity contribution in [1.29, 1.82) is 0 Å². The molecule has 0 unspecified atom stereocenters. The van der Waals surface area contributed by atoms with E-state index >= 15 is 0 Å². The highest BCUT2D eigenvalue weighted by Crippen LogP contribution is 2.32. The summed E-state index contributed by atoms with van der Waals surface area (Å²) in [7, 11) is 0. The number of aliphatic hydroxyl groups excluding tert-OH is 1. The number of hydrogen-bond donors (Lipinski definition) is 1. The van der Waals surface area contributed by atoms with Crippen LogP contribution in [0.25, 0.3) is 5.69 Å². The van der Waals surface area contributed by atoms with E-state index in [0.717, 1.165) is 10.7 Å². The summed E-state index contributed by atoms with van der Waals surface area (Å²) in [6.07, 6.45) is -2.37. The number of alkyl halides is 3. The smallest absolute Gasteiger partial charge is 0.396 e. The van der Waals surface area contributed by atoms with Crippen molar-refractivity contribution >= 4 is 0 Å². The summed E-state index contributed by atoms with van der Waals surface area (Å²) in [4.78, 5) is 0. The molecule has 20 heavy (non-hydrogen) atoms. The number of aryl methyl sites for hydroxylation is 1. The third kappa shape index (κ3) is 3.13. The summed E-state index contributed by atoms with van der Waals surface area (Å²) in [6.45, 7) is -0.0123. The summed E-state index contributed by atoms with van der Waals surface area (Å²) in [6, 6.07) is 2.61. The fourth-order valence-corrected chi connectivity index (χ4v) is 1.67. The third-order valence-corrected chi connectivity index (χ3v) is 2.65. The lowest BCUT2D eigenvalue weighted by Gasteiger charge is -2.09. The molecule has 0 bridgehead atoms. The SMILES string of the molecule is OCCCc1cn(-c2ccc(F)c(C(F)(F)F)c2)nn1. The lowest BCUT2D eigenvalue weighted by Crippen LogP contribution is -2.09. The summed E-state index contributed by atoms with van der Waals surface area (Å²) >= 11 is 0. The molecule has 4 nitrogen and oxygen atoms in total. The quantitative estimate of drug-likeness (QED) is 0.879. The van der Waals surface area contributed by atoms with E-state index in [0.29, 0.717) is 24.6 Å². The summed E-state index contributed by atoms with van der Waals surface area (Å²) in [5.41, 5.74) is -0.735. The van der Waals surface area contributed by atoms with Crippen LogP contribution in [0.2, 0.25) is 0 Å². The Bertz CT molecular complexity index is 595. The van der Waals surface area contributed by atoms with Crippen molar-refractivity contribution in [3.05, 3.63) is 41.5 Å². The maximum atomic E-state index is 13.2. The minimum atomic E-state index is -4.76. The Balaban J connectivity index is 2.31. The van der Waals surface area contributed by atoms with E-state index in [-0.39, 0.29) is 12.3 Å². The van der Waals surface area contributed by atoms with Gasteiger partial charge in [-0.05, 0) is 31.0 Å². The van der Waals surface area contributed by atoms with Crippen LogP contribution in [-0.4, -0.2) is 26.7 Å². The molecule has 0 saturated carbocycles. The van der Waals surface area contributed by atoms with E-state index < -0.39 is 17.6 Å². The molecule has 0 aliphatic carbocycles. The van der Waals surface area contributed by atoms with E-state index in [1.54, 1.807) is 0 Å². The van der Waals surface area contributed by atoms with Gasteiger partial charge >= 0.3 is 6.18 Å². The molecule has 0 atom stereocenters. The van der Waals surface area contributed by atoms with Crippen LogP contribution >= 0.6 is 0 Å². The van der Waals surface area contributed by atoms with Gasteiger partial charge in [0.25, 0.3) is 0 Å². The van der Waals surface area contributed by atoms with Crippen molar-refractivity contribution in [2.24, 2.45) is 0 Å². The maximum Gasteiger partial charge on any atom is 0.419 e. The number of hydrogen-bond acceptors (Lipinski definition) is 3. The van der Waals surface area contributed by atoms with E-state index in [4.69, 9.17) is 5.11 Å². The molecule has 1 heterocycles. The Morgan fingerprint density at radius 3 is 2.65 bits per heavy atom. The molecule has 0 amide bonds. The van der Waals surface area contributed by atoms with Crippen molar-refractivity contribution in [2.45, 2.75) is 19.0 Å². The molecule has 2 aromatic rings. The Morgan fingerprint density at radius 1 is 1.25 bits per heavy atom. The summed E-state index contributed by atoms with van der Waals surface area (Å²) in [5, 5.41) is 16.1. The van der Waals surface area contributed by atoms with Crippen LogP contribution in [-0.2, 0) is 12.6 Å². The molecule has 2 rings (SSSR count). The molecule has 0 spiro atoms. The molecule has 8 heteroatoms. The monoisotopic (exact) mass is 289 g/mol. The molecule has 0 saturated heterocycles. The fourth-order valence-electron chi connectivity index (χ4n) is 1.67. The normalized spacial score (nSPS) is 11.8. The van der Waals surface area contributed by atoms with Gasteiger partial charge in [0.05, 0.1) is 23.1 Å². The van der Waals surface area contributed by atoms with Crippen LogP contribution in [0.4, 0.5) is 17.6 Å². The first-order chi connectivity index (χ1) is 9.41. The first-order valence-corrected chi connectivity index (χ1v) is 5.81. The van der Waals surface area contributed by atoms with Crippen molar-refractivity contribution < 1.29 is 22.7 Å². The fraction of sp³-hybridized carbons (Fsp3) is 0.333. The Morgan fingerprint density at radius 2 is 2.00 bits per heavy atom. The molecule has 108 valence electrons. The molecule has 0 aliphatic rings. The van der Waals surface area contributed by atoms with Crippen LogP contribution in [0.5, 0.6) is 0 Å². The van der Waals surface area contributed by atoms with Gasteiger partial charge in [-0.2, -0.15) is 13.2 Å². The van der Waals surface area contributed by atoms with Crippen LogP contribution < -0.4 is 0 Å². The second kappa shape index (κ2) is 5.58. The highest BCUT2D eigenvalue weighted by Gasteiger charge is 2.34. The first-order valence-electron chi connectivity index (χ1n) is 5.81. The van der Waals surface area contributed by atoms with Crippen molar-refractivity contribution in [3.8, 4) is 5.69 Å². The largest absolute Gasteiger partial charge is 0.419 e. The molecule has 1 aromatic heterocycles. The van der Waals surface area contributed by atoms with Gasteiger partial charge in [0, 0.05) is 6.61 Å². The number of halogens is 4. The second-order valence-corrected chi connectivity index (χ2v) is 4.14. The average Bonchev–Trinajstić information content (AvgIpc) is 2.84. The molecule has 0 aliphatic heterocycles. The lowest BCUT2D eigenvalue weighted by atomic mass is 10.2. The van der Waals surface area contributed by atoms with Crippen LogP contribution in [0.3, 0.4) is 0 Å². The second-order valence-electron chi connectivity index (χ2n) is 4.14. The predicted octanol–water partition coefficient (Wildman–Crippen LogP) is 2.35. The minimum absolute atomic E-state index is 0.0123. The van der Waals surface area contributed by atoms with E-state index in [1.165, 1.54) is 12.3 Å². The van der Waals surface area contributed by atoms with E-state index in [2.05, 4.69) is 10.3 Å². The summed E-state index contributed by atoms with van der Waals surface area (Å²) < 4.78 is 52.1. The van der Waals surface area contributed by atoms with Gasteiger partial charge in [0.15, 0.2) is 0 Å². The van der Waals surface area contributed by atoms with Gasteiger partial charge in [0.2, 0.25) is 0 Å². The summed E-state index contributed by atoms with van der Waals surface area (Å²) in [5.74, 6) is -1.33. The zero-order chi connectivity index (χ0) is 14.8. The topological polar surface area (TPSA) is 50.9 Å². The zero-order valence-corrected chi connectivity index (χ0v) is 10.2. The van der Waals surface area contributed by atoms with Gasteiger partial charge in [-0.3, -0.25) is 0 Å². The number of rotatable bonds is 4. The minimum Gasteiger partial charge on any atom is -0.396 e. The van der Waals surface area contributed by atoms with Gasteiger partial charge in [-0.25, -0.2) is 9.07 Å². The molecular weight excluding hydrogens is 278 g/mol. The molecule has 0 radical (unpaired) electrons. The Kier molecular flexibility index (Phi) is 4.03. The van der Waals surface area contributed by atoms with Crippen LogP contribution in [0, 0.1) is 5.82 Å². The molecule has 1 aromatic carbocycles. The van der Waals surface area contributed by atoms with E-state index in [1.807, 2.05) is 0 Å². The highest BCUT2D eigenvalue weighted by molar-refractivity contribution is 5.37. The van der Waals surface area contributed by atoms with Gasteiger partial charge in [-0.1, -0.05) is 5.21 Å². The lowest BCUT2D eigenvalue weighted by molar-refractivity contribution is -0.140. The van der Waals surface area contributed by atoms with E-state index in [9.17, 15) is 17.6 Å². The first kappa shape index (κ1) is 14.4. The zero-order valence-electron chi connectivity index (χ0n) is 10.2. The van der Waals surface area contributed by atoms with Gasteiger partial charge in [0.1, 0.15) is 5.82 Å². The maximum absolute atomic E-state index is 13.2. The highest BCUT2D eigenvalue weighted by atomic mass is 19.4. The number of aromatic nitrogens is 3. The Hall–Kier alpha value is -1.96. The van der Waals surface area contributed by atoms with Crippen molar-refractivity contribution in [1.82, 2.24) is 15.0 Å². The Labute approximate surface area is 111 Å². The van der Waals surface area contributed by atoms with Gasteiger partial charge < -0.3 is 5.11 Å². The average molecular weight is 289 g/mol. The predicted molar refractivity (Wildman–Crippen MR) is 61.7 cm³/mol.